The highest BCUT2D eigenvalue weighted by molar-refractivity contribution is 7.71. The monoisotopic (exact) mass is 215 g/mol. The van der Waals surface area contributed by atoms with Crippen molar-refractivity contribution in [1.29, 1.82) is 0 Å². The Hall–Kier alpha value is -1.68. The molecule has 0 aliphatic carbocycles. The molecular formula is C11H9N3S. The molecular weight excluding hydrogens is 206 g/mol. The number of hydrogen-bond donors (Lipinski definition) is 1. The van der Waals surface area contributed by atoms with E-state index in [1.165, 1.54) is 0 Å². The van der Waals surface area contributed by atoms with Crippen molar-refractivity contribution in [2.75, 3.05) is 0 Å². The Morgan fingerprint density at radius 1 is 1.33 bits per heavy atom. The van der Waals surface area contributed by atoms with Gasteiger partial charge < -0.3 is 4.98 Å². The third-order valence-corrected chi connectivity index (χ3v) is 2.73. The second kappa shape index (κ2) is 2.90. The number of aromatic nitrogens is 3. The van der Waals surface area contributed by atoms with Gasteiger partial charge in [-0.2, -0.15) is 0 Å². The molecule has 0 saturated carbocycles. The molecule has 0 unspecified atom stereocenters. The second-order valence-electron chi connectivity index (χ2n) is 3.55. The van der Waals surface area contributed by atoms with Crippen LogP contribution in [-0.2, 0) is 0 Å². The van der Waals surface area contributed by atoms with Gasteiger partial charge >= 0.3 is 0 Å². The normalized spacial score (nSPS) is 11.3. The van der Waals surface area contributed by atoms with Crippen molar-refractivity contribution in [3.05, 3.63) is 40.7 Å². The van der Waals surface area contributed by atoms with E-state index in [0.29, 0.717) is 0 Å². The lowest BCUT2D eigenvalue weighted by Crippen LogP contribution is -1.92. The zero-order chi connectivity index (χ0) is 10.4. The Balaban J connectivity index is 2.67. The van der Waals surface area contributed by atoms with E-state index in [-0.39, 0.29) is 0 Å². The zero-order valence-corrected chi connectivity index (χ0v) is 9.01. The molecule has 1 N–H and O–H groups in total. The van der Waals surface area contributed by atoms with Crippen molar-refractivity contribution >= 4 is 29.0 Å². The first-order chi connectivity index (χ1) is 7.25. The minimum atomic E-state index is 0.787. The first-order valence-electron chi connectivity index (χ1n) is 4.73. The molecule has 0 spiro atoms. The van der Waals surface area contributed by atoms with Gasteiger partial charge in [-0.3, -0.25) is 4.40 Å². The van der Waals surface area contributed by atoms with Crippen LogP contribution in [0.5, 0.6) is 0 Å². The first kappa shape index (κ1) is 8.61. The minimum Gasteiger partial charge on any atom is -0.329 e. The van der Waals surface area contributed by atoms with Crippen LogP contribution in [0.15, 0.2) is 30.3 Å². The molecule has 0 fully saturated rings. The van der Waals surface area contributed by atoms with Gasteiger partial charge in [0.15, 0.2) is 0 Å². The summed E-state index contributed by atoms with van der Waals surface area (Å²) in [5, 5.41) is 0. The number of benzene rings is 1. The molecule has 3 aromatic rings. The summed E-state index contributed by atoms with van der Waals surface area (Å²) in [6.07, 6.45) is 0. The lowest BCUT2D eigenvalue weighted by Gasteiger charge is -1.97. The lowest BCUT2D eigenvalue weighted by molar-refractivity contribution is 1.07. The van der Waals surface area contributed by atoms with Crippen molar-refractivity contribution in [2.45, 2.75) is 6.92 Å². The molecule has 2 aromatic heterocycles. The molecule has 0 saturated heterocycles. The van der Waals surface area contributed by atoms with Gasteiger partial charge in [0.05, 0.1) is 11.0 Å². The van der Waals surface area contributed by atoms with Crippen LogP contribution in [0.4, 0.5) is 0 Å². The standard InChI is InChI=1S/C11H9N3S/c1-7-6-10(15)14-9-5-3-2-4-8(9)13-11(14)12-7/h2-6H,1H3,(H,12,13). The van der Waals surface area contributed by atoms with Crippen LogP contribution in [0.2, 0.25) is 0 Å². The van der Waals surface area contributed by atoms with Crippen LogP contribution in [0.3, 0.4) is 0 Å². The fourth-order valence-corrected chi connectivity index (χ4v) is 2.16. The van der Waals surface area contributed by atoms with Gasteiger partial charge in [-0.15, -0.1) is 0 Å². The summed E-state index contributed by atoms with van der Waals surface area (Å²) in [6, 6.07) is 9.92. The van der Waals surface area contributed by atoms with Gasteiger partial charge in [-0.25, -0.2) is 4.98 Å². The van der Waals surface area contributed by atoms with Gasteiger partial charge in [-0.1, -0.05) is 24.4 Å². The van der Waals surface area contributed by atoms with Gasteiger partial charge in [-0.05, 0) is 25.1 Å². The van der Waals surface area contributed by atoms with E-state index in [1.807, 2.05) is 41.7 Å². The van der Waals surface area contributed by atoms with E-state index in [9.17, 15) is 0 Å². The summed E-state index contributed by atoms with van der Waals surface area (Å²) in [4.78, 5) is 7.68. The molecule has 4 heteroatoms. The number of fused-ring (bicyclic) bond motifs is 3. The Labute approximate surface area is 91.4 Å². The second-order valence-corrected chi connectivity index (χ2v) is 3.97. The Kier molecular flexibility index (Phi) is 1.67. The summed E-state index contributed by atoms with van der Waals surface area (Å²) >= 11 is 5.33. The van der Waals surface area contributed by atoms with Crippen molar-refractivity contribution in [3.63, 3.8) is 0 Å². The maximum absolute atomic E-state index is 5.33. The van der Waals surface area contributed by atoms with Crippen LogP contribution < -0.4 is 0 Å². The van der Waals surface area contributed by atoms with E-state index in [1.54, 1.807) is 0 Å². The molecule has 2 heterocycles. The first-order valence-corrected chi connectivity index (χ1v) is 5.14. The predicted molar refractivity (Wildman–Crippen MR) is 62.6 cm³/mol. The summed E-state index contributed by atoms with van der Waals surface area (Å²) in [7, 11) is 0. The number of H-pyrrole nitrogens is 1. The number of rotatable bonds is 0. The van der Waals surface area contributed by atoms with E-state index < -0.39 is 0 Å². The maximum Gasteiger partial charge on any atom is 0.213 e. The number of hydrogen-bond acceptors (Lipinski definition) is 2. The average molecular weight is 215 g/mol. The third kappa shape index (κ3) is 1.18. The molecule has 15 heavy (non-hydrogen) atoms. The molecule has 0 aliphatic rings. The fraction of sp³-hybridized carbons (Fsp3) is 0.0909. The summed E-state index contributed by atoms with van der Waals surface area (Å²) in [5.41, 5.74) is 3.04. The number of nitrogens with one attached hydrogen (secondary N) is 1. The molecule has 0 bridgehead atoms. The SMILES string of the molecule is Cc1cc(=S)n2c(nc3ccccc32)[nH]1. The van der Waals surface area contributed by atoms with Crippen molar-refractivity contribution in [3.8, 4) is 0 Å². The highest BCUT2D eigenvalue weighted by Gasteiger charge is 2.04. The highest BCUT2D eigenvalue weighted by Crippen LogP contribution is 2.15. The third-order valence-electron chi connectivity index (χ3n) is 2.43. The molecule has 3 nitrogen and oxygen atoms in total. The van der Waals surface area contributed by atoms with Gasteiger partial charge in [0.1, 0.15) is 4.64 Å². The van der Waals surface area contributed by atoms with Crippen LogP contribution in [-0.4, -0.2) is 14.4 Å². The topological polar surface area (TPSA) is 33.1 Å². The fourth-order valence-electron chi connectivity index (χ4n) is 1.80. The quantitative estimate of drug-likeness (QED) is 0.585. The van der Waals surface area contributed by atoms with Crippen LogP contribution in [0.1, 0.15) is 5.69 Å². The number of para-hydroxylation sites is 2. The summed E-state index contributed by atoms with van der Waals surface area (Å²) in [6.45, 7) is 1.98. The van der Waals surface area contributed by atoms with Gasteiger partial charge in [0.2, 0.25) is 5.78 Å². The van der Waals surface area contributed by atoms with E-state index >= 15 is 0 Å². The van der Waals surface area contributed by atoms with Crippen LogP contribution in [0.25, 0.3) is 16.8 Å². The number of nitrogens with zero attached hydrogens (tertiary/aromatic N) is 2. The molecule has 74 valence electrons. The minimum absolute atomic E-state index is 0.787. The van der Waals surface area contributed by atoms with Crippen molar-refractivity contribution < 1.29 is 0 Å². The molecule has 3 rings (SSSR count). The Morgan fingerprint density at radius 2 is 2.13 bits per heavy atom. The summed E-state index contributed by atoms with van der Waals surface area (Å²) < 4.78 is 2.74. The Morgan fingerprint density at radius 3 is 3.00 bits per heavy atom. The summed E-state index contributed by atoms with van der Waals surface area (Å²) in [5.74, 6) is 0.807. The molecule has 1 aromatic carbocycles. The molecule has 0 radical (unpaired) electrons. The van der Waals surface area contributed by atoms with E-state index in [2.05, 4.69) is 9.97 Å². The van der Waals surface area contributed by atoms with E-state index in [4.69, 9.17) is 12.2 Å². The van der Waals surface area contributed by atoms with E-state index in [0.717, 1.165) is 27.1 Å². The van der Waals surface area contributed by atoms with Gasteiger partial charge in [0.25, 0.3) is 0 Å². The highest BCUT2D eigenvalue weighted by atomic mass is 32.1. The zero-order valence-electron chi connectivity index (χ0n) is 8.19. The number of imidazole rings is 1. The van der Waals surface area contributed by atoms with Gasteiger partial charge in [0, 0.05) is 5.69 Å². The lowest BCUT2D eigenvalue weighted by atomic mass is 10.3. The molecule has 0 atom stereocenters. The predicted octanol–water partition coefficient (Wildman–Crippen LogP) is 2.85. The number of aryl methyl sites for hydroxylation is 1. The Bertz CT molecular complexity index is 708. The number of aromatic amines is 1. The van der Waals surface area contributed by atoms with Crippen LogP contribution in [0, 0.1) is 11.6 Å². The van der Waals surface area contributed by atoms with Crippen molar-refractivity contribution in [2.24, 2.45) is 0 Å². The average Bonchev–Trinajstić information content (AvgIpc) is 2.54. The smallest absolute Gasteiger partial charge is 0.213 e. The van der Waals surface area contributed by atoms with Crippen molar-refractivity contribution in [1.82, 2.24) is 14.4 Å². The maximum atomic E-state index is 5.33. The molecule has 0 amide bonds. The van der Waals surface area contributed by atoms with Crippen LogP contribution >= 0.6 is 12.2 Å². The molecule has 0 aliphatic heterocycles. The largest absolute Gasteiger partial charge is 0.329 e.